The number of ether oxygens (including phenoxy) is 2. The van der Waals surface area contributed by atoms with E-state index in [2.05, 4.69) is 27.0 Å². The lowest BCUT2D eigenvalue weighted by molar-refractivity contribution is 0.0527. The number of hydrogen-bond acceptors (Lipinski definition) is 4. The molecule has 7 nitrogen and oxygen atoms in total. The van der Waals surface area contributed by atoms with E-state index in [1.807, 2.05) is 39.8 Å². The van der Waals surface area contributed by atoms with E-state index in [9.17, 15) is 4.79 Å². The Morgan fingerprint density at radius 1 is 1.15 bits per heavy atom. The number of carbonyl (C=O) groups excluding carboxylic acids is 1. The topological polar surface area (TPSA) is 84.0 Å². The van der Waals surface area contributed by atoms with Crippen molar-refractivity contribution in [3.8, 4) is 5.75 Å². The molecule has 0 heterocycles. The van der Waals surface area contributed by atoms with Crippen LogP contribution < -0.4 is 20.7 Å². The van der Waals surface area contributed by atoms with E-state index in [4.69, 9.17) is 9.47 Å². The molecule has 1 aromatic carbocycles. The van der Waals surface area contributed by atoms with Gasteiger partial charge in [0.1, 0.15) is 11.4 Å². The number of aryl methyl sites for hydroxylation is 1. The van der Waals surface area contributed by atoms with Gasteiger partial charge in [0, 0.05) is 26.7 Å². The Balaban J connectivity index is 2.27. The summed E-state index contributed by atoms with van der Waals surface area (Å²) in [4.78, 5) is 15.7. The van der Waals surface area contributed by atoms with E-state index >= 15 is 0 Å². The predicted octanol–water partition coefficient (Wildman–Crippen LogP) is 2.58. The Morgan fingerprint density at radius 2 is 1.85 bits per heavy atom. The number of carbonyl (C=O) groups is 1. The van der Waals surface area contributed by atoms with Gasteiger partial charge in [0.05, 0.1) is 7.11 Å². The maximum Gasteiger partial charge on any atom is 0.407 e. The van der Waals surface area contributed by atoms with Gasteiger partial charge >= 0.3 is 6.09 Å². The Morgan fingerprint density at radius 3 is 2.42 bits per heavy atom. The smallest absolute Gasteiger partial charge is 0.407 e. The minimum Gasteiger partial charge on any atom is -0.496 e. The Labute approximate surface area is 156 Å². The van der Waals surface area contributed by atoms with Crippen molar-refractivity contribution >= 4 is 12.1 Å². The van der Waals surface area contributed by atoms with Gasteiger partial charge in [-0.15, -0.1) is 0 Å². The van der Waals surface area contributed by atoms with Crippen LogP contribution in [0.4, 0.5) is 4.79 Å². The first-order valence-corrected chi connectivity index (χ1v) is 8.80. The lowest BCUT2D eigenvalue weighted by Gasteiger charge is -2.19. The van der Waals surface area contributed by atoms with Crippen molar-refractivity contribution < 1.29 is 14.3 Å². The van der Waals surface area contributed by atoms with Crippen LogP contribution in [-0.4, -0.2) is 44.9 Å². The molecule has 1 amide bonds. The highest BCUT2D eigenvalue weighted by Crippen LogP contribution is 2.18. The molecule has 3 N–H and O–H groups in total. The first kappa shape index (κ1) is 21.6. The number of amides is 1. The highest BCUT2D eigenvalue weighted by atomic mass is 16.6. The molecule has 0 aromatic heterocycles. The zero-order valence-electron chi connectivity index (χ0n) is 16.7. The van der Waals surface area contributed by atoms with E-state index in [0.29, 0.717) is 19.6 Å². The van der Waals surface area contributed by atoms with Crippen LogP contribution in [0, 0.1) is 6.92 Å². The normalized spacial score (nSPS) is 11.7. The van der Waals surface area contributed by atoms with E-state index in [0.717, 1.165) is 29.3 Å². The fourth-order valence-electron chi connectivity index (χ4n) is 2.26. The van der Waals surface area contributed by atoms with Gasteiger partial charge in [-0.05, 0) is 51.3 Å². The number of alkyl carbamates (subject to hydrolysis) is 1. The highest BCUT2D eigenvalue weighted by Gasteiger charge is 2.15. The molecular weight excluding hydrogens is 332 g/mol. The average Bonchev–Trinajstić information content (AvgIpc) is 2.55. The van der Waals surface area contributed by atoms with E-state index in [-0.39, 0.29) is 0 Å². The molecule has 0 unspecified atom stereocenters. The van der Waals surface area contributed by atoms with Crippen molar-refractivity contribution in [2.24, 2.45) is 4.99 Å². The molecular formula is C19H32N4O3. The number of aliphatic imine (C=N–C) groups is 1. The van der Waals surface area contributed by atoms with Crippen LogP contribution in [-0.2, 0) is 11.3 Å². The summed E-state index contributed by atoms with van der Waals surface area (Å²) in [5.74, 6) is 1.60. The summed E-state index contributed by atoms with van der Waals surface area (Å²) in [6.07, 6.45) is 0.372. The molecule has 1 rings (SSSR count). The number of hydrogen-bond donors (Lipinski definition) is 3. The zero-order chi connectivity index (χ0) is 19.6. The third-order valence-electron chi connectivity index (χ3n) is 3.46. The fourth-order valence-corrected chi connectivity index (χ4v) is 2.26. The summed E-state index contributed by atoms with van der Waals surface area (Å²) in [5.41, 5.74) is 1.77. The van der Waals surface area contributed by atoms with Crippen molar-refractivity contribution in [1.82, 2.24) is 16.0 Å². The molecule has 0 radical (unpaired) electrons. The molecule has 0 spiro atoms. The van der Waals surface area contributed by atoms with Crippen molar-refractivity contribution in [2.45, 2.75) is 46.3 Å². The molecule has 0 atom stereocenters. The molecule has 0 aliphatic carbocycles. The van der Waals surface area contributed by atoms with Gasteiger partial charge in [0.2, 0.25) is 0 Å². The van der Waals surface area contributed by atoms with Crippen molar-refractivity contribution in [1.29, 1.82) is 0 Å². The van der Waals surface area contributed by atoms with Crippen LogP contribution in [0.25, 0.3) is 0 Å². The van der Waals surface area contributed by atoms with Gasteiger partial charge in [-0.2, -0.15) is 0 Å². The number of guanidine groups is 1. The Bertz CT molecular complexity index is 609. The molecule has 0 bridgehead atoms. The third kappa shape index (κ3) is 8.60. The predicted molar refractivity (Wildman–Crippen MR) is 105 cm³/mol. The molecule has 0 fully saturated rings. The first-order chi connectivity index (χ1) is 12.2. The van der Waals surface area contributed by atoms with Gasteiger partial charge in [-0.1, -0.05) is 12.1 Å². The molecule has 1 aromatic rings. The lowest BCUT2D eigenvalue weighted by atomic mass is 10.1. The molecule has 146 valence electrons. The number of nitrogens with one attached hydrogen (secondary N) is 3. The largest absolute Gasteiger partial charge is 0.496 e. The molecule has 0 aliphatic rings. The molecule has 0 saturated carbocycles. The minimum atomic E-state index is -0.478. The average molecular weight is 364 g/mol. The number of methoxy groups -OCH3 is 1. The third-order valence-corrected chi connectivity index (χ3v) is 3.46. The van der Waals surface area contributed by atoms with E-state index in [1.54, 1.807) is 14.2 Å². The number of nitrogens with zero attached hydrogens (tertiary/aromatic N) is 1. The summed E-state index contributed by atoms with van der Waals surface area (Å²) < 4.78 is 10.5. The van der Waals surface area contributed by atoms with Crippen LogP contribution in [0.5, 0.6) is 5.75 Å². The number of rotatable bonds is 7. The second-order valence-electron chi connectivity index (χ2n) is 6.94. The Hall–Kier alpha value is -2.44. The summed E-state index contributed by atoms with van der Waals surface area (Å²) in [6.45, 7) is 9.44. The minimum absolute atomic E-state index is 0.394. The second kappa shape index (κ2) is 10.5. The van der Waals surface area contributed by atoms with Crippen LogP contribution >= 0.6 is 0 Å². The van der Waals surface area contributed by atoms with Crippen LogP contribution in [0.2, 0.25) is 0 Å². The summed E-state index contributed by atoms with van der Waals surface area (Å²) >= 11 is 0. The summed E-state index contributed by atoms with van der Waals surface area (Å²) in [5, 5.41) is 9.22. The monoisotopic (exact) mass is 364 g/mol. The summed E-state index contributed by atoms with van der Waals surface area (Å²) in [6, 6.07) is 6.08. The molecule has 0 saturated heterocycles. The quantitative estimate of drug-likeness (QED) is 0.393. The maximum absolute atomic E-state index is 11.5. The second-order valence-corrected chi connectivity index (χ2v) is 6.94. The van der Waals surface area contributed by atoms with Gasteiger partial charge in [0.15, 0.2) is 5.96 Å². The van der Waals surface area contributed by atoms with Crippen LogP contribution in [0.15, 0.2) is 23.2 Å². The van der Waals surface area contributed by atoms with Gasteiger partial charge in [-0.25, -0.2) is 4.79 Å². The number of benzene rings is 1. The van der Waals surface area contributed by atoms with Crippen molar-refractivity contribution in [2.75, 3.05) is 27.2 Å². The van der Waals surface area contributed by atoms with Crippen molar-refractivity contribution in [3.05, 3.63) is 29.3 Å². The molecule has 26 heavy (non-hydrogen) atoms. The zero-order valence-corrected chi connectivity index (χ0v) is 16.7. The maximum atomic E-state index is 11.5. The van der Waals surface area contributed by atoms with Gasteiger partial charge < -0.3 is 25.4 Å². The lowest BCUT2D eigenvalue weighted by Crippen LogP contribution is -2.39. The standard InChI is InChI=1S/C19H32N4O3/c1-14-12-15(8-9-16(14)25-6)13-23-17(20-5)21-10-7-11-22-18(24)26-19(2,3)4/h8-9,12H,7,10-11,13H2,1-6H3,(H,22,24)(H2,20,21,23). The van der Waals surface area contributed by atoms with Gasteiger partial charge in [0.25, 0.3) is 0 Å². The first-order valence-electron chi connectivity index (χ1n) is 8.80. The summed E-state index contributed by atoms with van der Waals surface area (Å²) in [7, 11) is 3.40. The SMILES string of the molecule is CN=C(NCCCNC(=O)OC(C)(C)C)NCc1ccc(OC)c(C)c1. The van der Waals surface area contributed by atoms with E-state index in [1.165, 1.54) is 0 Å². The van der Waals surface area contributed by atoms with Crippen LogP contribution in [0.1, 0.15) is 38.3 Å². The molecule has 7 heteroatoms. The van der Waals surface area contributed by atoms with Gasteiger partial charge in [-0.3, -0.25) is 4.99 Å². The fraction of sp³-hybridized carbons (Fsp3) is 0.579. The van der Waals surface area contributed by atoms with Crippen LogP contribution in [0.3, 0.4) is 0 Å². The van der Waals surface area contributed by atoms with E-state index < -0.39 is 11.7 Å². The van der Waals surface area contributed by atoms with Crippen molar-refractivity contribution in [3.63, 3.8) is 0 Å². The molecule has 0 aliphatic heterocycles. The highest BCUT2D eigenvalue weighted by molar-refractivity contribution is 5.79. The Kier molecular flexibility index (Phi) is 8.75.